The predicted octanol–water partition coefficient (Wildman–Crippen LogP) is 2.15. The smallest absolute Gasteiger partial charge is 0.246 e. The van der Waals surface area contributed by atoms with Crippen molar-refractivity contribution in [3.63, 3.8) is 0 Å². The van der Waals surface area contributed by atoms with Crippen molar-refractivity contribution in [2.75, 3.05) is 6.54 Å². The van der Waals surface area contributed by atoms with Crippen LogP contribution in [0.3, 0.4) is 0 Å². The van der Waals surface area contributed by atoms with E-state index in [2.05, 4.69) is 18.2 Å². The number of hydrogen-bond donors (Lipinski definition) is 0. The molecule has 15 heavy (non-hydrogen) atoms. The molecule has 0 aromatic heterocycles. The highest BCUT2D eigenvalue weighted by molar-refractivity contribution is 5.87. The van der Waals surface area contributed by atoms with Gasteiger partial charge in [0.1, 0.15) is 0 Å². The lowest BCUT2D eigenvalue weighted by Gasteiger charge is -2.27. The van der Waals surface area contributed by atoms with Gasteiger partial charge in [0.05, 0.1) is 0 Å². The standard InChI is InChI=1S/C13H15NO/c1-2-5-13(15)14-9-8-11-6-3-4-7-12(11)10-14/h2-7H,8-10H2,1H3/b5-2+. The van der Waals surface area contributed by atoms with E-state index in [4.69, 9.17) is 0 Å². The van der Waals surface area contributed by atoms with E-state index in [0.717, 1.165) is 19.5 Å². The van der Waals surface area contributed by atoms with Gasteiger partial charge in [0.2, 0.25) is 5.91 Å². The van der Waals surface area contributed by atoms with Gasteiger partial charge in [-0.3, -0.25) is 4.79 Å². The molecule has 1 aliphatic rings. The third-order valence-electron chi connectivity index (χ3n) is 2.75. The molecule has 1 amide bonds. The summed E-state index contributed by atoms with van der Waals surface area (Å²) < 4.78 is 0. The second-order valence-electron chi connectivity index (χ2n) is 3.78. The number of amides is 1. The monoisotopic (exact) mass is 201 g/mol. The van der Waals surface area contributed by atoms with Gasteiger partial charge in [-0.2, -0.15) is 0 Å². The van der Waals surface area contributed by atoms with E-state index in [1.165, 1.54) is 11.1 Å². The first-order chi connectivity index (χ1) is 7.31. The van der Waals surface area contributed by atoms with Crippen LogP contribution < -0.4 is 0 Å². The Morgan fingerprint density at radius 1 is 1.33 bits per heavy atom. The van der Waals surface area contributed by atoms with Crippen LogP contribution >= 0.6 is 0 Å². The largest absolute Gasteiger partial charge is 0.335 e. The van der Waals surface area contributed by atoms with Crippen LogP contribution in [-0.2, 0) is 17.8 Å². The average molecular weight is 201 g/mol. The van der Waals surface area contributed by atoms with E-state index in [9.17, 15) is 4.79 Å². The maximum absolute atomic E-state index is 11.6. The number of rotatable bonds is 1. The molecule has 2 heteroatoms. The van der Waals surface area contributed by atoms with Gasteiger partial charge >= 0.3 is 0 Å². The molecule has 0 saturated carbocycles. The minimum atomic E-state index is 0.118. The molecule has 1 aromatic carbocycles. The molecule has 0 bridgehead atoms. The highest BCUT2D eigenvalue weighted by Crippen LogP contribution is 2.18. The summed E-state index contributed by atoms with van der Waals surface area (Å²) in [5.41, 5.74) is 2.66. The Kier molecular flexibility index (Phi) is 2.86. The summed E-state index contributed by atoms with van der Waals surface area (Å²) in [4.78, 5) is 13.5. The summed E-state index contributed by atoms with van der Waals surface area (Å²) in [6.45, 7) is 3.45. The fraction of sp³-hybridized carbons (Fsp3) is 0.308. The van der Waals surface area contributed by atoms with Gasteiger partial charge in [0, 0.05) is 13.1 Å². The third-order valence-corrected chi connectivity index (χ3v) is 2.75. The Morgan fingerprint density at radius 2 is 2.07 bits per heavy atom. The summed E-state index contributed by atoms with van der Waals surface area (Å²) in [5, 5.41) is 0. The lowest BCUT2D eigenvalue weighted by atomic mass is 10.00. The molecule has 0 saturated heterocycles. The molecule has 2 nitrogen and oxygen atoms in total. The van der Waals surface area contributed by atoms with Gasteiger partial charge in [-0.25, -0.2) is 0 Å². The van der Waals surface area contributed by atoms with E-state index >= 15 is 0 Å². The van der Waals surface area contributed by atoms with E-state index in [0.29, 0.717) is 0 Å². The Balaban J connectivity index is 2.15. The van der Waals surface area contributed by atoms with Crippen LogP contribution in [0.25, 0.3) is 0 Å². The van der Waals surface area contributed by atoms with Crippen molar-refractivity contribution in [1.82, 2.24) is 4.90 Å². The fourth-order valence-electron chi connectivity index (χ4n) is 1.93. The molecule has 0 spiro atoms. The number of carbonyl (C=O) groups is 1. The minimum absolute atomic E-state index is 0.118. The molecular formula is C13H15NO. The van der Waals surface area contributed by atoms with Crippen molar-refractivity contribution in [1.29, 1.82) is 0 Å². The van der Waals surface area contributed by atoms with Crippen molar-refractivity contribution in [2.45, 2.75) is 19.9 Å². The van der Waals surface area contributed by atoms with Crippen LogP contribution in [-0.4, -0.2) is 17.4 Å². The number of hydrogen-bond acceptors (Lipinski definition) is 1. The Bertz CT molecular complexity index is 395. The molecule has 0 N–H and O–H groups in total. The molecule has 0 fully saturated rings. The average Bonchev–Trinajstić information content (AvgIpc) is 2.29. The van der Waals surface area contributed by atoms with Crippen LogP contribution in [0.1, 0.15) is 18.1 Å². The molecule has 1 heterocycles. The first-order valence-corrected chi connectivity index (χ1v) is 5.29. The second-order valence-corrected chi connectivity index (χ2v) is 3.78. The van der Waals surface area contributed by atoms with E-state index in [1.54, 1.807) is 12.2 Å². The summed E-state index contributed by atoms with van der Waals surface area (Å²) >= 11 is 0. The van der Waals surface area contributed by atoms with Crippen molar-refractivity contribution >= 4 is 5.91 Å². The molecule has 0 unspecified atom stereocenters. The third kappa shape index (κ3) is 2.09. The van der Waals surface area contributed by atoms with Gasteiger partial charge in [-0.15, -0.1) is 0 Å². The van der Waals surface area contributed by atoms with Gasteiger partial charge in [0.15, 0.2) is 0 Å². The lowest BCUT2D eigenvalue weighted by Crippen LogP contribution is -2.34. The molecule has 2 rings (SSSR count). The van der Waals surface area contributed by atoms with Crippen molar-refractivity contribution < 1.29 is 4.79 Å². The predicted molar refractivity (Wildman–Crippen MR) is 60.4 cm³/mol. The van der Waals surface area contributed by atoms with Crippen LogP contribution in [0.15, 0.2) is 36.4 Å². The molecule has 0 radical (unpaired) electrons. The lowest BCUT2D eigenvalue weighted by molar-refractivity contribution is -0.126. The first kappa shape index (κ1) is 9.97. The molecule has 1 aromatic rings. The van der Waals surface area contributed by atoms with Crippen molar-refractivity contribution in [3.8, 4) is 0 Å². The van der Waals surface area contributed by atoms with Gasteiger partial charge < -0.3 is 4.90 Å². The quantitative estimate of drug-likeness (QED) is 0.637. The van der Waals surface area contributed by atoms with E-state index < -0.39 is 0 Å². The van der Waals surface area contributed by atoms with Crippen molar-refractivity contribution in [3.05, 3.63) is 47.5 Å². The number of nitrogens with zero attached hydrogens (tertiary/aromatic N) is 1. The van der Waals surface area contributed by atoms with E-state index in [1.807, 2.05) is 17.9 Å². The summed E-state index contributed by atoms with van der Waals surface area (Å²) in [6, 6.07) is 8.34. The second kappa shape index (κ2) is 4.30. The fourth-order valence-corrected chi connectivity index (χ4v) is 1.93. The van der Waals surface area contributed by atoms with E-state index in [-0.39, 0.29) is 5.91 Å². The number of benzene rings is 1. The SMILES string of the molecule is C/C=C/C(=O)N1CCc2ccccc2C1. The van der Waals surface area contributed by atoms with Crippen LogP contribution in [0, 0.1) is 0 Å². The molecule has 0 aliphatic carbocycles. The van der Waals surface area contributed by atoms with Crippen LogP contribution in [0.2, 0.25) is 0 Å². The highest BCUT2D eigenvalue weighted by atomic mass is 16.2. The Hall–Kier alpha value is -1.57. The van der Waals surface area contributed by atoms with Crippen LogP contribution in [0.5, 0.6) is 0 Å². The summed E-state index contributed by atoms with van der Waals surface area (Å²) in [7, 11) is 0. The minimum Gasteiger partial charge on any atom is -0.335 e. The highest BCUT2D eigenvalue weighted by Gasteiger charge is 2.17. The molecule has 78 valence electrons. The number of carbonyl (C=O) groups excluding carboxylic acids is 1. The Morgan fingerprint density at radius 3 is 2.80 bits per heavy atom. The normalized spacial score (nSPS) is 15.4. The zero-order valence-corrected chi connectivity index (χ0v) is 8.94. The van der Waals surface area contributed by atoms with Crippen molar-refractivity contribution in [2.24, 2.45) is 0 Å². The number of fused-ring (bicyclic) bond motifs is 1. The summed E-state index contributed by atoms with van der Waals surface area (Å²) in [5.74, 6) is 0.118. The zero-order valence-electron chi connectivity index (χ0n) is 8.94. The van der Waals surface area contributed by atoms with Gasteiger partial charge in [-0.05, 0) is 30.5 Å². The maximum Gasteiger partial charge on any atom is 0.246 e. The molecule has 1 aliphatic heterocycles. The first-order valence-electron chi connectivity index (χ1n) is 5.29. The Labute approximate surface area is 90.2 Å². The topological polar surface area (TPSA) is 20.3 Å². The molecular weight excluding hydrogens is 186 g/mol. The van der Waals surface area contributed by atoms with Crippen LogP contribution in [0.4, 0.5) is 0 Å². The van der Waals surface area contributed by atoms with Gasteiger partial charge in [-0.1, -0.05) is 30.3 Å². The number of allylic oxidation sites excluding steroid dienone is 1. The van der Waals surface area contributed by atoms with Gasteiger partial charge in [0.25, 0.3) is 0 Å². The molecule has 0 atom stereocenters. The summed E-state index contributed by atoms with van der Waals surface area (Å²) in [6.07, 6.45) is 4.40. The zero-order chi connectivity index (χ0) is 10.7. The maximum atomic E-state index is 11.6.